The first kappa shape index (κ1) is 14.0. The van der Waals surface area contributed by atoms with Crippen LogP contribution in [0.15, 0.2) is 17.6 Å². The van der Waals surface area contributed by atoms with E-state index < -0.39 is 10.0 Å². The van der Waals surface area contributed by atoms with Crippen molar-refractivity contribution >= 4 is 10.0 Å². The Labute approximate surface area is 120 Å². The first-order chi connectivity index (χ1) is 9.63. The summed E-state index contributed by atoms with van der Waals surface area (Å²) in [5.41, 5.74) is 0. The monoisotopic (exact) mass is 298 g/mol. The Hall–Kier alpha value is -0.920. The zero-order chi connectivity index (χ0) is 14.2. The third kappa shape index (κ3) is 2.38. The average Bonchev–Trinajstić information content (AvgIpc) is 3.00. The van der Waals surface area contributed by atoms with Crippen LogP contribution in [-0.4, -0.2) is 59.3 Å². The normalized spacial score (nSPS) is 29.2. The van der Waals surface area contributed by atoms with Crippen molar-refractivity contribution in [1.82, 2.24) is 19.2 Å². The number of aromatic nitrogens is 2. The summed E-state index contributed by atoms with van der Waals surface area (Å²) in [6, 6.07) is 0.427. The number of piperazine rings is 1. The number of nitrogens with one attached hydrogen (secondary N) is 1. The van der Waals surface area contributed by atoms with Gasteiger partial charge in [-0.1, -0.05) is 13.3 Å². The van der Waals surface area contributed by atoms with E-state index in [0.717, 1.165) is 25.9 Å². The van der Waals surface area contributed by atoms with Gasteiger partial charge < -0.3 is 4.98 Å². The molecule has 2 fully saturated rings. The molecule has 0 spiro atoms. The molecule has 6 nitrogen and oxygen atoms in total. The number of nitrogens with zero attached hydrogens (tertiary/aromatic N) is 3. The van der Waals surface area contributed by atoms with Gasteiger partial charge in [0.1, 0.15) is 0 Å². The molecule has 2 saturated heterocycles. The van der Waals surface area contributed by atoms with E-state index in [1.165, 1.54) is 19.0 Å². The van der Waals surface area contributed by atoms with Crippen LogP contribution >= 0.6 is 0 Å². The maximum atomic E-state index is 12.7. The van der Waals surface area contributed by atoms with E-state index in [0.29, 0.717) is 12.6 Å². The van der Waals surface area contributed by atoms with E-state index in [9.17, 15) is 8.42 Å². The number of piperidine rings is 1. The highest BCUT2D eigenvalue weighted by Gasteiger charge is 2.41. The van der Waals surface area contributed by atoms with Gasteiger partial charge in [-0.2, -0.15) is 4.31 Å². The van der Waals surface area contributed by atoms with Crippen molar-refractivity contribution in [3.63, 3.8) is 0 Å². The van der Waals surface area contributed by atoms with Crippen molar-refractivity contribution in [1.29, 1.82) is 0 Å². The van der Waals surface area contributed by atoms with Crippen LogP contribution in [0.5, 0.6) is 0 Å². The van der Waals surface area contributed by atoms with Crippen LogP contribution in [0.4, 0.5) is 0 Å². The van der Waals surface area contributed by atoms with Crippen molar-refractivity contribution in [2.24, 2.45) is 0 Å². The van der Waals surface area contributed by atoms with Crippen LogP contribution in [0, 0.1) is 0 Å². The Morgan fingerprint density at radius 1 is 1.40 bits per heavy atom. The number of rotatable bonds is 3. The summed E-state index contributed by atoms with van der Waals surface area (Å²) in [5, 5.41) is 0.0696. The third-order valence-electron chi connectivity index (χ3n) is 4.49. The highest BCUT2D eigenvalue weighted by molar-refractivity contribution is 7.89. The van der Waals surface area contributed by atoms with Gasteiger partial charge in [-0.25, -0.2) is 13.4 Å². The van der Waals surface area contributed by atoms with E-state index in [1.807, 2.05) is 0 Å². The van der Waals surface area contributed by atoms with Crippen LogP contribution in [0.1, 0.15) is 32.6 Å². The maximum Gasteiger partial charge on any atom is 0.277 e. The van der Waals surface area contributed by atoms with Gasteiger partial charge in [-0.15, -0.1) is 0 Å². The summed E-state index contributed by atoms with van der Waals surface area (Å²) >= 11 is 0. The van der Waals surface area contributed by atoms with E-state index in [1.54, 1.807) is 10.5 Å². The number of hydrogen-bond acceptors (Lipinski definition) is 4. The topological polar surface area (TPSA) is 69.3 Å². The van der Waals surface area contributed by atoms with Crippen LogP contribution in [0.2, 0.25) is 0 Å². The minimum absolute atomic E-state index is 0.0550. The first-order valence-electron chi connectivity index (χ1n) is 7.38. The van der Waals surface area contributed by atoms with E-state index in [-0.39, 0.29) is 11.2 Å². The molecule has 0 aliphatic carbocycles. The summed E-state index contributed by atoms with van der Waals surface area (Å²) in [7, 11) is -3.49. The average molecular weight is 298 g/mol. The number of fused-ring (bicyclic) bond motifs is 1. The highest BCUT2D eigenvalue weighted by atomic mass is 32.2. The molecule has 20 heavy (non-hydrogen) atoms. The molecule has 1 N–H and O–H groups in total. The molecule has 2 aliphatic heterocycles. The fraction of sp³-hybridized carbons (Fsp3) is 0.769. The summed E-state index contributed by atoms with van der Waals surface area (Å²) in [5.74, 6) is 0. The Kier molecular flexibility index (Phi) is 3.83. The molecule has 2 unspecified atom stereocenters. The molecule has 0 bridgehead atoms. The molecule has 1 aromatic rings. The molecule has 0 aromatic carbocycles. The first-order valence-corrected chi connectivity index (χ1v) is 8.82. The minimum atomic E-state index is -3.49. The molecule has 1 aromatic heterocycles. The van der Waals surface area contributed by atoms with Gasteiger partial charge in [0.25, 0.3) is 10.0 Å². The standard InChI is InChI=1S/C13H22N4O2S/c1-2-11-9-16-8-4-3-5-12(16)10-17(11)20(18,19)13-14-6-7-15-13/h6-7,11-12H,2-5,8-10H2,1H3,(H,14,15). The Morgan fingerprint density at radius 3 is 2.95 bits per heavy atom. The van der Waals surface area contributed by atoms with Crippen molar-refractivity contribution in [2.75, 3.05) is 19.6 Å². The predicted molar refractivity (Wildman–Crippen MR) is 75.8 cm³/mol. The molecular weight excluding hydrogens is 276 g/mol. The van der Waals surface area contributed by atoms with E-state index in [4.69, 9.17) is 0 Å². The molecule has 0 saturated carbocycles. The fourth-order valence-corrected chi connectivity index (χ4v) is 4.97. The SMILES string of the molecule is CCC1CN2CCCCC2CN1S(=O)(=O)c1ncc[nH]1. The quantitative estimate of drug-likeness (QED) is 0.905. The second-order valence-corrected chi connectivity index (χ2v) is 7.48. The van der Waals surface area contributed by atoms with Crippen molar-refractivity contribution in [3.05, 3.63) is 12.4 Å². The van der Waals surface area contributed by atoms with E-state index in [2.05, 4.69) is 21.8 Å². The summed E-state index contributed by atoms with van der Waals surface area (Å²) in [6.45, 7) is 4.61. The second-order valence-electron chi connectivity index (χ2n) is 5.68. The molecule has 0 radical (unpaired) electrons. The van der Waals surface area contributed by atoms with Gasteiger partial charge in [-0.05, 0) is 25.8 Å². The van der Waals surface area contributed by atoms with Crippen molar-refractivity contribution < 1.29 is 8.42 Å². The second kappa shape index (κ2) is 5.46. The lowest BCUT2D eigenvalue weighted by molar-refractivity contribution is 0.0491. The zero-order valence-electron chi connectivity index (χ0n) is 11.8. The molecular formula is C13H22N4O2S. The van der Waals surface area contributed by atoms with Gasteiger partial charge in [0, 0.05) is 37.6 Å². The number of aromatic amines is 1. The van der Waals surface area contributed by atoms with Crippen LogP contribution in [0.3, 0.4) is 0 Å². The van der Waals surface area contributed by atoms with Crippen molar-refractivity contribution in [3.8, 4) is 0 Å². The highest BCUT2D eigenvalue weighted by Crippen LogP contribution is 2.28. The largest absolute Gasteiger partial charge is 0.334 e. The zero-order valence-corrected chi connectivity index (χ0v) is 12.6. The van der Waals surface area contributed by atoms with Crippen LogP contribution in [0.25, 0.3) is 0 Å². The van der Waals surface area contributed by atoms with Crippen molar-refractivity contribution in [2.45, 2.75) is 49.8 Å². The van der Waals surface area contributed by atoms with Gasteiger partial charge in [0.2, 0.25) is 5.16 Å². The maximum absolute atomic E-state index is 12.7. The number of sulfonamides is 1. The smallest absolute Gasteiger partial charge is 0.277 e. The Bertz CT molecular complexity index is 543. The molecule has 2 aliphatic rings. The van der Waals surface area contributed by atoms with E-state index >= 15 is 0 Å². The van der Waals surface area contributed by atoms with Gasteiger partial charge in [-0.3, -0.25) is 4.90 Å². The summed E-state index contributed by atoms with van der Waals surface area (Å²) < 4.78 is 27.1. The van der Waals surface area contributed by atoms with Crippen LogP contribution < -0.4 is 0 Å². The van der Waals surface area contributed by atoms with Gasteiger partial charge in [0.15, 0.2) is 0 Å². The van der Waals surface area contributed by atoms with Gasteiger partial charge >= 0.3 is 0 Å². The Balaban J connectivity index is 1.87. The Morgan fingerprint density at radius 2 is 2.25 bits per heavy atom. The molecule has 0 amide bonds. The summed E-state index contributed by atoms with van der Waals surface area (Å²) in [6.07, 6.45) is 7.42. The van der Waals surface area contributed by atoms with Gasteiger partial charge in [0.05, 0.1) is 0 Å². The lowest BCUT2D eigenvalue weighted by atomic mass is 9.97. The molecule has 112 valence electrons. The summed E-state index contributed by atoms with van der Waals surface area (Å²) in [4.78, 5) is 9.14. The lowest BCUT2D eigenvalue weighted by Gasteiger charge is -2.47. The number of imidazole rings is 1. The number of hydrogen-bond donors (Lipinski definition) is 1. The minimum Gasteiger partial charge on any atom is -0.334 e. The lowest BCUT2D eigenvalue weighted by Crippen LogP contribution is -2.60. The number of H-pyrrole nitrogens is 1. The molecule has 3 rings (SSSR count). The third-order valence-corrected chi connectivity index (χ3v) is 6.27. The molecule has 7 heteroatoms. The molecule has 2 atom stereocenters. The fourth-order valence-electron chi connectivity index (χ4n) is 3.36. The van der Waals surface area contributed by atoms with Crippen LogP contribution in [-0.2, 0) is 10.0 Å². The molecule has 3 heterocycles. The predicted octanol–water partition coefficient (Wildman–Crippen LogP) is 1.05.